The van der Waals surface area contributed by atoms with Crippen molar-refractivity contribution in [3.05, 3.63) is 40.1 Å². The molecule has 0 radical (unpaired) electrons. The smallest absolute Gasteiger partial charge is 0.145 e. The highest BCUT2D eigenvalue weighted by Crippen LogP contribution is 2.46. The molecule has 3 aliphatic rings. The van der Waals surface area contributed by atoms with Crippen molar-refractivity contribution in [2.75, 3.05) is 6.54 Å². The van der Waals surface area contributed by atoms with Gasteiger partial charge in [0.1, 0.15) is 11.5 Å². The van der Waals surface area contributed by atoms with Crippen LogP contribution in [0.2, 0.25) is 5.02 Å². The van der Waals surface area contributed by atoms with E-state index < -0.39 is 0 Å². The highest BCUT2D eigenvalue weighted by molar-refractivity contribution is 6.33. The molecule has 2 aromatic rings. The number of halogens is 1. The Morgan fingerprint density at radius 1 is 1.32 bits per heavy atom. The summed E-state index contributed by atoms with van der Waals surface area (Å²) in [6.45, 7) is 3.73. The van der Waals surface area contributed by atoms with Crippen LogP contribution in [0.3, 0.4) is 0 Å². The van der Waals surface area contributed by atoms with Gasteiger partial charge in [0.2, 0.25) is 0 Å². The second-order valence-corrected chi connectivity index (χ2v) is 8.17. The lowest BCUT2D eigenvalue weighted by Gasteiger charge is -2.23. The van der Waals surface area contributed by atoms with Crippen LogP contribution in [0, 0.1) is 12.8 Å². The van der Waals surface area contributed by atoms with Crippen molar-refractivity contribution < 1.29 is 9.26 Å². The first-order chi connectivity index (χ1) is 12.2. The molecular formula is C20H23ClN2O2. The maximum atomic E-state index is 6.49. The van der Waals surface area contributed by atoms with Gasteiger partial charge >= 0.3 is 0 Å². The Kier molecular flexibility index (Phi) is 3.88. The zero-order valence-corrected chi connectivity index (χ0v) is 15.2. The van der Waals surface area contributed by atoms with Crippen LogP contribution < -0.4 is 5.32 Å². The number of aromatic nitrogens is 1. The normalized spacial score (nSPS) is 28.0. The molecule has 5 rings (SSSR count). The SMILES string of the molecule is Cc1cccc(Cl)c1-c1noc(C2CC2)c1CO[C@@H]1C[C@@H]2C[C@H]1CN2. The van der Waals surface area contributed by atoms with E-state index in [1.807, 2.05) is 12.1 Å². The van der Waals surface area contributed by atoms with Gasteiger partial charge in [-0.25, -0.2) is 0 Å². The molecule has 1 saturated heterocycles. The molecule has 0 amide bonds. The van der Waals surface area contributed by atoms with E-state index in [1.165, 1.54) is 19.3 Å². The van der Waals surface area contributed by atoms with Crippen molar-refractivity contribution in [3.63, 3.8) is 0 Å². The summed E-state index contributed by atoms with van der Waals surface area (Å²) in [5, 5.41) is 8.68. The summed E-state index contributed by atoms with van der Waals surface area (Å²) in [6.07, 6.45) is 5.09. The molecule has 2 bridgehead atoms. The first-order valence-electron chi connectivity index (χ1n) is 9.29. The van der Waals surface area contributed by atoms with Crippen molar-refractivity contribution in [3.8, 4) is 11.3 Å². The molecule has 1 N–H and O–H groups in total. The standard InChI is InChI=1S/C20H23ClN2O2/c1-11-3-2-4-16(21)18(11)19-15(20(25-23-19)12-5-6-12)10-24-17-8-14-7-13(17)9-22-14/h2-4,12-14,17,22H,5-10H2,1H3/t13-,14-,17+/m0/s1. The number of ether oxygens (including phenoxy) is 1. The number of nitrogens with zero attached hydrogens (tertiary/aromatic N) is 1. The summed E-state index contributed by atoms with van der Waals surface area (Å²) in [7, 11) is 0. The number of aryl methyl sites for hydroxylation is 1. The fourth-order valence-corrected chi connectivity index (χ4v) is 4.75. The number of benzene rings is 1. The molecule has 25 heavy (non-hydrogen) atoms. The summed E-state index contributed by atoms with van der Waals surface area (Å²) in [5.41, 5.74) is 4.07. The van der Waals surface area contributed by atoms with E-state index in [-0.39, 0.29) is 0 Å². The largest absolute Gasteiger partial charge is 0.373 e. The van der Waals surface area contributed by atoms with Gasteiger partial charge in [0.05, 0.1) is 17.7 Å². The average Bonchev–Trinajstić information content (AvgIpc) is 3.03. The van der Waals surface area contributed by atoms with Crippen LogP contribution in [0.15, 0.2) is 22.7 Å². The minimum Gasteiger partial charge on any atom is -0.373 e. The van der Waals surface area contributed by atoms with Crippen LogP contribution in [-0.2, 0) is 11.3 Å². The van der Waals surface area contributed by atoms with Gasteiger partial charge in [-0.2, -0.15) is 0 Å². The molecule has 2 aliphatic carbocycles. The molecule has 1 aromatic heterocycles. The van der Waals surface area contributed by atoms with Gasteiger partial charge in [0.15, 0.2) is 0 Å². The van der Waals surface area contributed by atoms with Crippen molar-refractivity contribution >= 4 is 11.6 Å². The predicted octanol–water partition coefficient (Wildman–Crippen LogP) is 4.45. The monoisotopic (exact) mass is 358 g/mol. The third-order valence-corrected chi connectivity index (χ3v) is 6.28. The van der Waals surface area contributed by atoms with Crippen LogP contribution >= 0.6 is 11.6 Å². The fraction of sp³-hybridized carbons (Fsp3) is 0.550. The molecule has 1 aliphatic heterocycles. The van der Waals surface area contributed by atoms with Crippen LogP contribution in [0.25, 0.3) is 11.3 Å². The number of piperidine rings is 1. The minimum atomic E-state index is 0.355. The van der Waals surface area contributed by atoms with Crippen LogP contribution in [-0.4, -0.2) is 23.8 Å². The predicted molar refractivity (Wildman–Crippen MR) is 96.8 cm³/mol. The van der Waals surface area contributed by atoms with Gasteiger partial charge in [-0.3, -0.25) is 0 Å². The van der Waals surface area contributed by atoms with Crippen LogP contribution in [0.5, 0.6) is 0 Å². The highest BCUT2D eigenvalue weighted by atomic mass is 35.5. The molecule has 0 spiro atoms. The molecule has 132 valence electrons. The number of hydrogen-bond acceptors (Lipinski definition) is 4. The van der Waals surface area contributed by atoms with E-state index in [4.69, 9.17) is 20.9 Å². The topological polar surface area (TPSA) is 47.3 Å². The first kappa shape index (κ1) is 15.9. The zero-order valence-electron chi connectivity index (χ0n) is 14.4. The summed E-state index contributed by atoms with van der Waals surface area (Å²) in [5.74, 6) is 2.17. The Bertz CT molecular complexity index is 779. The maximum absolute atomic E-state index is 6.49. The lowest BCUT2D eigenvalue weighted by molar-refractivity contribution is 0.00914. The lowest BCUT2D eigenvalue weighted by atomic mass is 10.0. The molecule has 3 atom stereocenters. The van der Waals surface area contributed by atoms with Gasteiger partial charge in [0, 0.05) is 29.6 Å². The number of rotatable bonds is 5. The van der Waals surface area contributed by atoms with Crippen LogP contribution in [0.1, 0.15) is 48.5 Å². The third kappa shape index (κ3) is 2.80. The van der Waals surface area contributed by atoms with E-state index >= 15 is 0 Å². The van der Waals surface area contributed by atoms with Crippen LogP contribution in [0.4, 0.5) is 0 Å². The lowest BCUT2D eigenvalue weighted by Crippen LogP contribution is -2.34. The van der Waals surface area contributed by atoms with Crippen molar-refractivity contribution in [2.24, 2.45) is 5.92 Å². The summed E-state index contributed by atoms with van der Waals surface area (Å²) < 4.78 is 12.1. The highest BCUT2D eigenvalue weighted by Gasteiger charge is 2.41. The maximum Gasteiger partial charge on any atom is 0.145 e. The van der Waals surface area contributed by atoms with E-state index in [0.29, 0.717) is 30.6 Å². The molecule has 4 nitrogen and oxygen atoms in total. The molecule has 0 unspecified atom stereocenters. The van der Waals surface area contributed by atoms with Crippen molar-refractivity contribution in [2.45, 2.75) is 57.3 Å². The Balaban J connectivity index is 1.46. The second kappa shape index (κ2) is 6.11. The number of hydrogen-bond donors (Lipinski definition) is 1. The third-order valence-electron chi connectivity index (χ3n) is 5.97. The van der Waals surface area contributed by atoms with Gasteiger partial charge in [-0.1, -0.05) is 28.9 Å². The quantitative estimate of drug-likeness (QED) is 0.857. The Labute approximate surface area is 152 Å². The zero-order chi connectivity index (χ0) is 17.0. The molecule has 3 fully saturated rings. The molecule has 5 heteroatoms. The first-order valence-corrected chi connectivity index (χ1v) is 9.67. The van der Waals surface area contributed by atoms with E-state index in [9.17, 15) is 0 Å². The Hall–Kier alpha value is -1.36. The number of nitrogens with one attached hydrogen (secondary N) is 1. The van der Waals surface area contributed by atoms with Gasteiger partial charge in [-0.05, 0) is 50.2 Å². The second-order valence-electron chi connectivity index (χ2n) is 7.77. The molecule has 1 aromatic carbocycles. The van der Waals surface area contributed by atoms with E-state index in [2.05, 4.69) is 23.5 Å². The van der Waals surface area contributed by atoms with Gasteiger partial charge in [0.25, 0.3) is 0 Å². The summed E-state index contributed by atoms with van der Waals surface area (Å²) in [4.78, 5) is 0. The fourth-order valence-electron chi connectivity index (χ4n) is 4.44. The molecular weight excluding hydrogens is 336 g/mol. The molecule has 2 saturated carbocycles. The summed E-state index contributed by atoms with van der Waals surface area (Å²) >= 11 is 6.49. The summed E-state index contributed by atoms with van der Waals surface area (Å²) in [6, 6.07) is 6.60. The van der Waals surface area contributed by atoms with Gasteiger partial charge in [-0.15, -0.1) is 0 Å². The Morgan fingerprint density at radius 2 is 2.20 bits per heavy atom. The average molecular weight is 359 g/mol. The Morgan fingerprint density at radius 3 is 2.88 bits per heavy atom. The van der Waals surface area contributed by atoms with Crippen molar-refractivity contribution in [1.82, 2.24) is 10.5 Å². The van der Waals surface area contributed by atoms with E-state index in [0.717, 1.165) is 46.1 Å². The minimum absolute atomic E-state index is 0.355. The van der Waals surface area contributed by atoms with Crippen molar-refractivity contribution in [1.29, 1.82) is 0 Å². The van der Waals surface area contributed by atoms with Gasteiger partial charge < -0.3 is 14.6 Å². The molecule has 2 heterocycles. The van der Waals surface area contributed by atoms with E-state index in [1.54, 1.807) is 0 Å². The number of fused-ring (bicyclic) bond motifs is 2.